The van der Waals surface area contributed by atoms with Crippen molar-refractivity contribution >= 4 is 0 Å². The summed E-state index contributed by atoms with van der Waals surface area (Å²) in [6, 6.07) is 5.78. The average Bonchev–Trinajstić information content (AvgIpc) is 2.27. The lowest BCUT2D eigenvalue weighted by molar-refractivity contribution is -0.0499. The maximum absolute atomic E-state index is 12.1. The lowest BCUT2D eigenvalue weighted by Gasteiger charge is -2.29. The average molecular weight is 245 g/mol. The number of nitrogens with two attached hydrogens (primary N) is 1. The van der Waals surface area contributed by atoms with Crippen molar-refractivity contribution in [3.63, 3.8) is 0 Å². The van der Waals surface area contributed by atoms with Gasteiger partial charge in [-0.05, 0) is 17.7 Å². The molecule has 3 nitrogen and oxygen atoms in total. The van der Waals surface area contributed by atoms with Crippen molar-refractivity contribution in [3.8, 4) is 5.75 Å². The van der Waals surface area contributed by atoms with Crippen molar-refractivity contribution in [2.24, 2.45) is 11.1 Å². The topological polar surface area (TPSA) is 55.5 Å². The normalized spacial score (nSPS) is 13.8. The van der Waals surface area contributed by atoms with Crippen molar-refractivity contribution in [2.75, 3.05) is 6.61 Å². The van der Waals surface area contributed by atoms with Crippen LogP contribution in [0.1, 0.15) is 25.5 Å². The van der Waals surface area contributed by atoms with E-state index in [1.54, 1.807) is 26.0 Å². The molecule has 0 aliphatic heterocycles. The van der Waals surface area contributed by atoms with Gasteiger partial charge in [0.2, 0.25) is 0 Å². The van der Waals surface area contributed by atoms with Crippen LogP contribution >= 0.6 is 0 Å². The van der Waals surface area contributed by atoms with E-state index in [1.807, 2.05) is 0 Å². The Kier molecular flexibility index (Phi) is 4.42. The predicted molar refractivity (Wildman–Crippen MR) is 60.9 cm³/mol. The Morgan fingerprint density at radius 3 is 2.59 bits per heavy atom. The van der Waals surface area contributed by atoms with Gasteiger partial charge in [-0.2, -0.15) is 8.78 Å². The summed E-state index contributed by atoms with van der Waals surface area (Å²) in [4.78, 5) is 0. The highest BCUT2D eigenvalue weighted by Gasteiger charge is 2.27. The monoisotopic (exact) mass is 245 g/mol. The van der Waals surface area contributed by atoms with Gasteiger partial charge in [-0.15, -0.1) is 0 Å². The first-order valence-corrected chi connectivity index (χ1v) is 5.28. The molecule has 5 heteroatoms. The van der Waals surface area contributed by atoms with E-state index in [-0.39, 0.29) is 12.4 Å². The smallest absolute Gasteiger partial charge is 0.387 e. The van der Waals surface area contributed by atoms with Crippen LogP contribution < -0.4 is 10.5 Å². The van der Waals surface area contributed by atoms with Crippen LogP contribution in [-0.4, -0.2) is 18.3 Å². The summed E-state index contributed by atoms with van der Waals surface area (Å²) < 4.78 is 28.4. The van der Waals surface area contributed by atoms with Crippen molar-refractivity contribution in [1.82, 2.24) is 0 Å². The van der Waals surface area contributed by atoms with Crippen LogP contribution in [0.15, 0.2) is 24.3 Å². The van der Waals surface area contributed by atoms with Crippen molar-refractivity contribution in [1.29, 1.82) is 0 Å². The largest absolute Gasteiger partial charge is 0.435 e. The number of halogens is 2. The lowest BCUT2D eigenvalue weighted by Crippen LogP contribution is -2.32. The number of hydrogen-bond acceptors (Lipinski definition) is 3. The van der Waals surface area contributed by atoms with Crippen molar-refractivity contribution in [3.05, 3.63) is 29.8 Å². The highest BCUT2D eigenvalue weighted by molar-refractivity contribution is 5.31. The standard InChI is InChI=1S/C12H17F2NO2/c1-12(2,7-16)10(15)8-4-3-5-9(6-8)17-11(13)14/h3-6,10-11,16H,7,15H2,1-2H3/t10-/m1/s1. The fourth-order valence-electron chi connectivity index (χ4n) is 1.43. The molecule has 1 aromatic carbocycles. The summed E-state index contributed by atoms with van der Waals surface area (Å²) in [5, 5.41) is 9.21. The van der Waals surface area contributed by atoms with E-state index in [9.17, 15) is 13.9 Å². The van der Waals surface area contributed by atoms with E-state index >= 15 is 0 Å². The molecular formula is C12H17F2NO2. The lowest BCUT2D eigenvalue weighted by atomic mass is 9.82. The minimum Gasteiger partial charge on any atom is -0.435 e. The third kappa shape index (κ3) is 3.64. The Labute approximate surface area is 99.2 Å². The molecule has 1 atom stereocenters. The summed E-state index contributed by atoms with van der Waals surface area (Å²) in [5.41, 5.74) is 6.11. The first-order chi connectivity index (χ1) is 7.86. The maximum Gasteiger partial charge on any atom is 0.387 e. The van der Waals surface area contributed by atoms with Crippen molar-refractivity contribution in [2.45, 2.75) is 26.5 Å². The Hall–Kier alpha value is -1.20. The second kappa shape index (κ2) is 5.42. The minimum atomic E-state index is -2.85. The Bertz CT molecular complexity index is 369. The van der Waals surface area contributed by atoms with Gasteiger partial charge >= 0.3 is 6.61 Å². The molecule has 1 aromatic rings. The number of aliphatic hydroxyl groups excluding tert-OH is 1. The van der Waals surface area contributed by atoms with E-state index in [0.717, 1.165) is 0 Å². The second-order valence-corrected chi connectivity index (χ2v) is 4.58. The number of ether oxygens (including phenoxy) is 1. The van der Waals surface area contributed by atoms with E-state index in [2.05, 4.69) is 4.74 Å². The Morgan fingerprint density at radius 1 is 1.41 bits per heavy atom. The van der Waals surface area contributed by atoms with E-state index < -0.39 is 18.1 Å². The molecule has 0 fully saturated rings. The van der Waals surface area contributed by atoms with Crippen LogP contribution in [0.25, 0.3) is 0 Å². The molecule has 0 spiro atoms. The van der Waals surface area contributed by atoms with Gasteiger partial charge in [-0.1, -0.05) is 26.0 Å². The van der Waals surface area contributed by atoms with Gasteiger partial charge in [0.05, 0.1) is 0 Å². The molecule has 1 rings (SSSR count). The van der Waals surface area contributed by atoms with Crippen LogP contribution in [0, 0.1) is 5.41 Å². The zero-order valence-electron chi connectivity index (χ0n) is 9.86. The van der Waals surface area contributed by atoms with Crippen LogP contribution in [0.2, 0.25) is 0 Å². The minimum absolute atomic E-state index is 0.0710. The molecule has 96 valence electrons. The second-order valence-electron chi connectivity index (χ2n) is 4.58. The van der Waals surface area contributed by atoms with Crippen LogP contribution in [-0.2, 0) is 0 Å². The molecule has 0 saturated carbocycles. The van der Waals surface area contributed by atoms with Gasteiger partial charge in [0.25, 0.3) is 0 Å². The highest BCUT2D eigenvalue weighted by atomic mass is 19.3. The quantitative estimate of drug-likeness (QED) is 0.837. The van der Waals surface area contributed by atoms with E-state index in [4.69, 9.17) is 5.73 Å². The van der Waals surface area contributed by atoms with Crippen LogP contribution in [0.4, 0.5) is 8.78 Å². The zero-order chi connectivity index (χ0) is 13.1. The van der Waals surface area contributed by atoms with Gasteiger partial charge in [-0.3, -0.25) is 0 Å². The number of hydrogen-bond donors (Lipinski definition) is 2. The molecule has 17 heavy (non-hydrogen) atoms. The summed E-state index contributed by atoms with van der Waals surface area (Å²) in [6.45, 7) is 0.664. The summed E-state index contributed by atoms with van der Waals surface area (Å²) in [5.74, 6) is 0.0710. The van der Waals surface area contributed by atoms with Crippen molar-refractivity contribution < 1.29 is 18.6 Å². The molecule has 0 bridgehead atoms. The van der Waals surface area contributed by atoms with Crippen LogP contribution in [0.3, 0.4) is 0 Å². The first kappa shape index (κ1) is 13.9. The molecule has 0 aliphatic carbocycles. The van der Waals surface area contributed by atoms with Gasteiger partial charge in [-0.25, -0.2) is 0 Å². The molecule has 0 aromatic heterocycles. The molecule has 0 heterocycles. The molecule has 0 amide bonds. The SMILES string of the molecule is CC(C)(CO)[C@H](N)c1cccc(OC(F)F)c1. The summed E-state index contributed by atoms with van der Waals surface area (Å²) in [6.07, 6.45) is 0. The molecule has 3 N–H and O–H groups in total. The molecular weight excluding hydrogens is 228 g/mol. The fraction of sp³-hybridized carbons (Fsp3) is 0.500. The third-order valence-corrected chi connectivity index (χ3v) is 2.69. The molecule has 0 unspecified atom stereocenters. The molecule has 0 aliphatic rings. The molecule has 0 saturated heterocycles. The van der Waals surface area contributed by atoms with E-state index in [0.29, 0.717) is 5.56 Å². The molecule has 0 radical (unpaired) electrons. The van der Waals surface area contributed by atoms with Gasteiger partial charge < -0.3 is 15.6 Å². The number of benzene rings is 1. The predicted octanol–water partition coefficient (Wildman–Crippen LogP) is 2.31. The first-order valence-electron chi connectivity index (χ1n) is 5.28. The van der Waals surface area contributed by atoms with Gasteiger partial charge in [0, 0.05) is 18.1 Å². The van der Waals surface area contributed by atoms with E-state index in [1.165, 1.54) is 12.1 Å². The van der Waals surface area contributed by atoms with Gasteiger partial charge in [0.1, 0.15) is 5.75 Å². The summed E-state index contributed by atoms with van der Waals surface area (Å²) in [7, 11) is 0. The Balaban J connectivity index is 2.91. The maximum atomic E-state index is 12.1. The zero-order valence-corrected chi connectivity index (χ0v) is 9.86. The number of aliphatic hydroxyl groups is 1. The number of rotatable bonds is 5. The Morgan fingerprint density at radius 2 is 2.06 bits per heavy atom. The van der Waals surface area contributed by atoms with Crippen LogP contribution in [0.5, 0.6) is 5.75 Å². The highest BCUT2D eigenvalue weighted by Crippen LogP contribution is 2.32. The number of alkyl halides is 2. The fourth-order valence-corrected chi connectivity index (χ4v) is 1.43. The summed E-state index contributed by atoms with van der Waals surface area (Å²) >= 11 is 0. The third-order valence-electron chi connectivity index (χ3n) is 2.69. The van der Waals surface area contributed by atoms with Gasteiger partial charge in [0.15, 0.2) is 0 Å².